The molecule has 5 heteroatoms. The number of likely N-dealkylation sites (N-methyl/N-ethyl adjacent to an activating group) is 1. The predicted octanol–water partition coefficient (Wildman–Crippen LogP) is 4.23. The molecule has 1 aliphatic rings. The molecule has 0 atom stereocenters. The lowest BCUT2D eigenvalue weighted by Gasteiger charge is -2.20. The minimum Gasteiger partial charge on any atom is -0.311 e. The Kier molecular flexibility index (Phi) is 4.28. The lowest BCUT2D eigenvalue weighted by atomic mass is 10.1. The Hall–Kier alpha value is -3.34. The van der Waals surface area contributed by atoms with E-state index in [0.717, 1.165) is 27.7 Å². The summed E-state index contributed by atoms with van der Waals surface area (Å²) in [5.74, 6) is 0.655. The van der Waals surface area contributed by atoms with Gasteiger partial charge in [-0.15, -0.1) is 0 Å². The van der Waals surface area contributed by atoms with Crippen molar-refractivity contribution in [3.63, 3.8) is 0 Å². The summed E-state index contributed by atoms with van der Waals surface area (Å²) in [7, 11) is 1.79. The first-order valence-electron chi connectivity index (χ1n) is 8.86. The SMILES string of the molecule is Cc1ccc2nc(-c3ccc(N(C)C(=O)C4=CN=CC4)c(C)c3)ncc2c1. The summed E-state index contributed by atoms with van der Waals surface area (Å²) in [5.41, 5.74) is 5.61. The molecule has 3 aromatic rings. The first-order chi connectivity index (χ1) is 13.0. The highest BCUT2D eigenvalue weighted by Gasteiger charge is 2.19. The number of aromatic nitrogens is 2. The van der Waals surface area contributed by atoms with Crippen molar-refractivity contribution in [2.45, 2.75) is 20.3 Å². The summed E-state index contributed by atoms with van der Waals surface area (Å²) in [6.45, 7) is 4.05. The molecule has 134 valence electrons. The molecule has 0 saturated carbocycles. The van der Waals surface area contributed by atoms with Gasteiger partial charge < -0.3 is 4.90 Å². The third kappa shape index (κ3) is 3.24. The summed E-state index contributed by atoms with van der Waals surface area (Å²) < 4.78 is 0. The lowest BCUT2D eigenvalue weighted by Crippen LogP contribution is -2.28. The topological polar surface area (TPSA) is 58.5 Å². The largest absolute Gasteiger partial charge is 0.311 e. The fourth-order valence-corrected chi connectivity index (χ4v) is 3.28. The molecule has 0 radical (unpaired) electrons. The van der Waals surface area contributed by atoms with E-state index in [1.165, 1.54) is 5.56 Å². The molecule has 2 heterocycles. The standard InChI is InChI=1S/C22H20N4O/c1-14-4-6-19-18(10-14)13-24-21(25-19)16-5-7-20(15(2)11-16)26(3)22(27)17-8-9-23-12-17/h4-7,9-13H,8H2,1-3H3. The number of anilines is 1. The van der Waals surface area contributed by atoms with E-state index in [4.69, 9.17) is 0 Å². The summed E-state index contributed by atoms with van der Waals surface area (Å²) in [4.78, 5) is 27.5. The Labute approximate surface area is 158 Å². The highest BCUT2D eigenvalue weighted by Crippen LogP contribution is 2.27. The maximum Gasteiger partial charge on any atom is 0.255 e. The summed E-state index contributed by atoms with van der Waals surface area (Å²) >= 11 is 0. The third-order valence-electron chi connectivity index (χ3n) is 4.78. The van der Waals surface area contributed by atoms with E-state index in [1.54, 1.807) is 24.4 Å². The molecule has 27 heavy (non-hydrogen) atoms. The molecule has 0 bridgehead atoms. The van der Waals surface area contributed by atoms with Gasteiger partial charge in [-0.25, -0.2) is 9.97 Å². The highest BCUT2D eigenvalue weighted by atomic mass is 16.2. The van der Waals surface area contributed by atoms with Crippen molar-refractivity contribution in [2.75, 3.05) is 11.9 Å². The van der Waals surface area contributed by atoms with Crippen LogP contribution in [0.2, 0.25) is 0 Å². The number of aliphatic imine (C=N–C) groups is 1. The lowest BCUT2D eigenvalue weighted by molar-refractivity contribution is -0.114. The second-order valence-corrected chi connectivity index (χ2v) is 6.81. The van der Waals surface area contributed by atoms with Crippen LogP contribution < -0.4 is 4.90 Å². The molecule has 0 spiro atoms. The average molecular weight is 356 g/mol. The van der Waals surface area contributed by atoms with Gasteiger partial charge in [0.25, 0.3) is 5.91 Å². The van der Waals surface area contributed by atoms with Crippen LogP contribution in [0.5, 0.6) is 0 Å². The summed E-state index contributed by atoms with van der Waals surface area (Å²) in [5, 5.41) is 1.03. The van der Waals surface area contributed by atoms with Gasteiger partial charge in [-0.1, -0.05) is 11.6 Å². The number of amides is 1. The Morgan fingerprint density at radius 3 is 2.70 bits per heavy atom. The smallest absolute Gasteiger partial charge is 0.255 e. The number of aryl methyl sites for hydroxylation is 2. The van der Waals surface area contributed by atoms with E-state index in [1.807, 2.05) is 37.4 Å². The fourth-order valence-electron chi connectivity index (χ4n) is 3.28. The number of hydrogen-bond acceptors (Lipinski definition) is 4. The molecule has 2 aromatic carbocycles. The first-order valence-corrected chi connectivity index (χ1v) is 8.86. The molecule has 4 rings (SSSR count). The Balaban J connectivity index is 1.65. The van der Waals surface area contributed by atoms with Crippen molar-refractivity contribution < 1.29 is 4.79 Å². The highest BCUT2D eigenvalue weighted by molar-refractivity contribution is 6.08. The van der Waals surface area contributed by atoms with Gasteiger partial charge in [0, 0.05) is 54.3 Å². The molecule has 0 N–H and O–H groups in total. The molecule has 0 aliphatic carbocycles. The monoisotopic (exact) mass is 356 g/mol. The van der Waals surface area contributed by atoms with Gasteiger partial charge in [-0.05, 0) is 49.7 Å². The van der Waals surface area contributed by atoms with Crippen molar-refractivity contribution in [3.05, 3.63) is 65.5 Å². The number of rotatable bonds is 3. The van der Waals surface area contributed by atoms with E-state index in [0.29, 0.717) is 17.8 Å². The van der Waals surface area contributed by atoms with Gasteiger partial charge in [-0.2, -0.15) is 0 Å². The molecule has 1 amide bonds. The number of benzene rings is 2. The Morgan fingerprint density at radius 2 is 1.96 bits per heavy atom. The van der Waals surface area contributed by atoms with Crippen LogP contribution in [0.3, 0.4) is 0 Å². The van der Waals surface area contributed by atoms with Gasteiger partial charge in [0.05, 0.1) is 5.52 Å². The van der Waals surface area contributed by atoms with Crippen molar-refractivity contribution in [3.8, 4) is 11.4 Å². The van der Waals surface area contributed by atoms with Gasteiger partial charge in [0.1, 0.15) is 0 Å². The zero-order valence-electron chi connectivity index (χ0n) is 15.6. The van der Waals surface area contributed by atoms with Crippen molar-refractivity contribution in [1.29, 1.82) is 0 Å². The van der Waals surface area contributed by atoms with E-state index in [2.05, 4.69) is 34.0 Å². The number of fused-ring (bicyclic) bond motifs is 1. The van der Waals surface area contributed by atoms with Crippen LogP contribution in [-0.4, -0.2) is 29.1 Å². The first kappa shape index (κ1) is 17.1. The van der Waals surface area contributed by atoms with Crippen molar-refractivity contribution in [1.82, 2.24) is 9.97 Å². The van der Waals surface area contributed by atoms with Crippen molar-refractivity contribution in [2.24, 2.45) is 4.99 Å². The van der Waals surface area contributed by atoms with E-state index in [-0.39, 0.29) is 5.91 Å². The Bertz CT molecular complexity index is 1110. The zero-order valence-corrected chi connectivity index (χ0v) is 15.6. The molecule has 5 nitrogen and oxygen atoms in total. The van der Waals surface area contributed by atoms with E-state index < -0.39 is 0 Å². The quantitative estimate of drug-likeness (QED) is 0.705. The zero-order chi connectivity index (χ0) is 19.0. The fraction of sp³-hybridized carbons (Fsp3) is 0.182. The minimum atomic E-state index is -0.0272. The van der Waals surface area contributed by atoms with Crippen LogP contribution in [-0.2, 0) is 4.79 Å². The normalized spacial score (nSPS) is 13.1. The average Bonchev–Trinajstić information content (AvgIpc) is 3.21. The van der Waals surface area contributed by atoms with E-state index in [9.17, 15) is 4.79 Å². The van der Waals surface area contributed by atoms with Crippen LogP contribution in [0.15, 0.2) is 59.4 Å². The van der Waals surface area contributed by atoms with Crippen LogP contribution >= 0.6 is 0 Å². The van der Waals surface area contributed by atoms with Gasteiger partial charge in [-0.3, -0.25) is 9.79 Å². The molecule has 0 fully saturated rings. The van der Waals surface area contributed by atoms with Crippen LogP contribution in [0, 0.1) is 13.8 Å². The van der Waals surface area contributed by atoms with Gasteiger partial charge in [0.2, 0.25) is 0 Å². The minimum absolute atomic E-state index is 0.0272. The Morgan fingerprint density at radius 1 is 1.11 bits per heavy atom. The number of carbonyl (C=O) groups is 1. The number of carbonyl (C=O) groups excluding carboxylic acids is 1. The molecule has 0 saturated heterocycles. The maximum atomic E-state index is 12.6. The van der Waals surface area contributed by atoms with Crippen molar-refractivity contribution >= 4 is 28.7 Å². The molecular weight excluding hydrogens is 336 g/mol. The van der Waals surface area contributed by atoms with Crippen LogP contribution in [0.1, 0.15) is 17.5 Å². The summed E-state index contributed by atoms with van der Waals surface area (Å²) in [6.07, 6.45) is 5.82. The molecule has 0 unspecified atom stereocenters. The predicted molar refractivity (Wildman–Crippen MR) is 109 cm³/mol. The van der Waals surface area contributed by atoms with Crippen LogP contribution in [0.25, 0.3) is 22.3 Å². The van der Waals surface area contributed by atoms with Crippen LogP contribution in [0.4, 0.5) is 5.69 Å². The second-order valence-electron chi connectivity index (χ2n) is 6.81. The van der Waals surface area contributed by atoms with Gasteiger partial charge >= 0.3 is 0 Å². The second kappa shape index (κ2) is 6.76. The maximum absolute atomic E-state index is 12.6. The van der Waals surface area contributed by atoms with E-state index >= 15 is 0 Å². The van der Waals surface area contributed by atoms with Gasteiger partial charge in [0.15, 0.2) is 5.82 Å². The molecule has 1 aromatic heterocycles. The number of hydrogen-bond donors (Lipinski definition) is 0. The third-order valence-corrected chi connectivity index (χ3v) is 4.78. The number of nitrogens with zero attached hydrogens (tertiary/aromatic N) is 4. The summed E-state index contributed by atoms with van der Waals surface area (Å²) in [6, 6.07) is 12.1. The molecule has 1 aliphatic heterocycles. The molecular formula is C22H20N4O.